The summed E-state index contributed by atoms with van der Waals surface area (Å²) in [7, 11) is 0. The normalized spacial score (nSPS) is 9.36. The Hall–Kier alpha value is -1.64. The second-order valence-corrected chi connectivity index (χ2v) is 2.72. The first-order valence-electron chi connectivity index (χ1n) is 4.75. The third-order valence-corrected chi connectivity index (χ3v) is 1.79. The summed E-state index contributed by atoms with van der Waals surface area (Å²) in [6, 6.07) is 5.74. The van der Waals surface area contributed by atoms with Crippen molar-refractivity contribution in [2.45, 2.75) is 20.8 Å². The first-order chi connectivity index (χ1) is 6.77. The topological polar surface area (TPSA) is 51.8 Å². The molecule has 0 radical (unpaired) electrons. The lowest BCUT2D eigenvalue weighted by molar-refractivity contribution is 1.24. The minimum atomic E-state index is 0.542. The summed E-state index contributed by atoms with van der Waals surface area (Å²) >= 11 is 0. The van der Waals surface area contributed by atoms with Crippen molar-refractivity contribution in [1.29, 1.82) is 0 Å². The van der Waals surface area contributed by atoms with Crippen molar-refractivity contribution in [3.63, 3.8) is 0 Å². The lowest BCUT2D eigenvalue weighted by Gasteiger charge is -1.99. The largest absolute Gasteiger partial charge is 0.383 e. The molecule has 0 bridgehead atoms. The van der Waals surface area contributed by atoms with Crippen molar-refractivity contribution in [2.75, 3.05) is 5.73 Å². The number of anilines is 1. The van der Waals surface area contributed by atoms with Gasteiger partial charge in [0, 0.05) is 17.3 Å². The number of fused-ring (bicyclic) bond motifs is 1. The van der Waals surface area contributed by atoms with E-state index in [-0.39, 0.29) is 0 Å². The summed E-state index contributed by atoms with van der Waals surface area (Å²) in [4.78, 5) is 8.29. The molecule has 0 saturated heterocycles. The van der Waals surface area contributed by atoms with Crippen LogP contribution in [0.1, 0.15) is 19.5 Å². The summed E-state index contributed by atoms with van der Waals surface area (Å²) < 4.78 is 0. The molecule has 2 N–H and O–H groups in total. The SMILES string of the molecule is CC.Cc1ccc2c(N)nccc2n1. The van der Waals surface area contributed by atoms with Gasteiger partial charge in [-0.25, -0.2) is 4.98 Å². The first kappa shape index (κ1) is 10.4. The van der Waals surface area contributed by atoms with E-state index in [2.05, 4.69) is 9.97 Å². The average molecular weight is 189 g/mol. The molecule has 0 aliphatic rings. The minimum Gasteiger partial charge on any atom is -0.383 e. The van der Waals surface area contributed by atoms with Gasteiger partial charge in [-0.15, -0.1) is 0 Å². The van der Waals surface area contributed by atoms with Gasteiger partial charge in [0.15, 0.2) is 0 Å². The van der Waals surface area contributed by atoms with Crippen LogP contribution in [0.15, 0.2) is 24.4 Å². The lowest BCUT2D eigenvalue weighted by Crippen LogP contribution is -1.92. The molecular weight excluding hydrogens is 174 g/mol. The van der Waals surface area contributed by atoms with Crippen molar-refractivity contribution in [1.82, 2.24) is 9.97 Å². The molecule has 0 amide bonds. The zero-order valence-electron chi connectivity index (χ0n) is 8.78. The molecule has 2 aromatic heterocycles. The van der Waals surface area contributed by atoms with Crippen LogP contribution in [0.25, 0.3) is 10.9 Å². The Bertz CT molecular complexity index is 424. The van der Waals surface area contributed by atoms with Gasteiger partial charge in [-0.05, 0) is 25.1 Å². The van der Waals surface area contributed by atoms with Gasteiger partial charge in [-0.3, -0.25) is 4.98 Å². The lowest BCUT2D eigenvalue weighted by atomic mass is 10.2. The van der Waals surface area contributed by atoms with E-state index in [1.54, 1.807) is 6.20 Å². The fraction of sp³-hybridized carbons (Fsp3) is 0.273. The maximum atomic E-state index is 5.66. The van der Waals surface area contributed by atoms with E-state index in [0.717, 1.165) is 16.6 Å². The van der Waals surface area contributed by atoms with Gasteiger partial charge in [0.05, 0.1) is 5.52 Å². The number of nitrogens with zero attached hydrogens (tertiary/aromatic N) is 2. The van der Waals surface area contributed by atoms with Crippen LogP contribution in [0.3, 0.4) is 0 Å². The van der Waals surface area contributed by atoms with Crippen LogP contribution >= 0.6 is 0 Å². The maximum absolute atomic E-state index is 5.66. The molecule has 0 aromatic carbocycles. The number of pyridine rings is 2. The zero-order chi connectivity index (χ0) is 10.6. The third-order valence-electron chi connectivity index (χ3n) is 1.79. The number of hydrogen-bond donors (Lipinski definition) is 1. The van der Waals surface area contributed by atoms with E-state index in [4.69, 9.17) is 5.73 Å². The van der Waals surface area contributed by atoms with Gasteiger partial charge in [-0.1, -0.05) is 13.8 Å². The maximum Gasteiger partial charge on any atom is 0.132 e. The van der Waals surface area contributed by atoms with Gasteiger partial charge < -0.3 is 5.73 Å². The van der Waals surface area contributed by atoms with E-state index in [9.17, 15) is 0 Å². The molecular formula is C11H15N3. The number of rotatable bonds is 0. The standard InChI is InChI=1S/C9H9N3.C2H6/c1-6-2-3-7-8(12-6)4-5-11-9(7)10;1-2/h2-5H,1H3,(H2,10,11);1-2H3. The zero-order valence-corrected chi connectivity index (χ0v) is 8.78. The summed E-state index contributed by atoms with van der Waals surface area (Å²) in [5.74, 6) is 0.542. The van der Waals surface area contributed by atoms with Crippen molar-refractivity contribution < 1.29 is 0 Å². The van der Waals surface area contributed by atoms with Gasteiger partial charge in [0.25, 0.3) is 0 Å². The minimum absolute atomic E-state index is 0.542. The molecule has 0 saturated carbocycles. The summed E-state index contributed by atoms with van der Waals surface area (Å²) in [5, 5.41) is 0.920. The van der Waals surface area contributed by atoms with Crippen molar-refractivity contribution in [3.8, 4) is 0 Å². The Morgan fingerprint density at radius 2 is 1.86 bits per heavy atom. The van der Waals surface area contributed by atoms with Crippen LogP contribution < -0.4 is 5.73 Å². The Morgan fingerprint density at radius 3 is 2.57 bits per heavy atom. The van der Waals surface area contributed by atoms with Crippen molar-refractivity contribution >= 4 is 16.7 Å². The average Bonchev–Trinajstić information content (AvgIpc) is 2.21. The molecule has 0 spiro atoms. The molecule has 14 heavy (non-hydrogen) atoms. The molecule has 2 rings (SSSR count). The van der Waals surface area contributed by atoms with Crippen LogP contribution in [0, 0.1) is 6.92 Å². The molecule has 0 atom stereocenters. The number of nitrogens with two attached hydrogens (primary N) is 1. The molecule has 0 unspecified atom stereocenters. The van der Waals surface area contributed by atoms with Crippen LogP contribution in [0.5, 0.6) is 0 Å². The molecule has 3 heteroatoms. The van der Waals surface area contributed by atoms with Crippen molar-refractivity contribution in [3.05, 3.63) is 30.1 Å². The fourth-order valence-corrected chi connectivity index (χ4v) is 1.18. The second-order valence-electron chi connectivity index (χ2n) is 2.72. The predicted molar refractivity (Wildman–Crippen MR) is 60.0 cm³/mol. The molecule has 0 aliphatic carbocycles. The van der Waals surface area contributed by atoms with E-state index in [0.29, 0.717) is 5.82 Å². The van der Waals surface area contributed by atoms with Gasteiger partial charge in [0.2, 0.25) is 0 Å². The Labute approximate surface area is 84.0 Å². The van der Waals surface area contributed by atoms with Gasteiger partial charge >= 0.3 is 0 Å². The highest BCUT2D eigenvalue weighted by molar-refractivity contribution is 5.87. The number of hydrogen-bond acceptors (Lipinski definition) is 3. The van der Waals surface area contributed by atoms with E-state index in [1.165, 1.54) is 0 Å². The van der Waals surface area contributed by atoms with Crippen LogP contribution in [-0.2, 0) is 0 Å². The summed E-state index contributed by atoms with van der Waals surface area (Å²) in [6.07, 6.45) is 1.67. The Morgan fingerprint density at radius 1 is 1.14 bits per heavy atom. The summed E-state index contributed by atoms with van der Waals surface area (Å²) in [6.45, 7) is 5.95. The quantitative estimate of drug-likeness (QED) is 0.692. The summed E-state index contributed by atoms with van der Waals surface area (Å²) in [5.41, 5.74) is 7.55. The van der Waals surface area contributed by atoms with Crippen LogP contribution in [-0.4, -0.2) is 9.97 Å². The highest BCUT2D eigenvalue weighted by Gasteiger charge is 1.98. The Kier molecular flexibility index (Phi) is 3.40. The van der Waals surface area contributed by atoms with Gasteiger partial charge in [-0.2, -0.15) is 0 Å². The number of nitrogen functional groups attached to an aromatic ring is 1. The molecule has 3 nitrogen and oxygen atoms in total. The highest BCUT2D eigenvalue weighted by atomic mass is 14.8. The molecule has 0 fully saturated rings. The smallest absolute Gasteiger partial charge is 0.132 e. The molecule has 74 valence electrons. The Balaban J connectivity index is 0.000000461. The number of aryl methyl sites for hydroxylation is 1. The molecule has 2 heterocycles. The van der Waals surface area contributed by atoms with Crippen LogP contribution in [0.2, 0.25) is 0 Å². The predicted octanol–water partition coefficient (Wildman–Crippen LogP) is 2.55. The van der Waals surface area contributed by atoms with E-state index in [1.807, 2.05) is 39.0 Å². The van der Waals surface area contributed by atoms with Gasteiger partial charge in [0.1, 0.15) is 5.82 Å². The number of aromatic nitrogens is 2. The monoisotopic (exact) mass is 189 g/mol. The highest BCUT2D eigenvalue weighted by Crippen LogP contribution is 2.16. The van der Waals surface area contributed by atoms with E-state index < -0.39 is 0 Å². The van der Waals surface area contributed by atoms with Crippen LogP contribution in [0.4, 0.5) is 5.82 Å². The molecule has 0 aliphatic heterocycles. The second kappa shape index (κ2) is 4.56. The first-order valence-corrected chi connectivity index (χ1v) is 4.75. The van der Waals surface area contributed by atoms with E-state index >= 15 is 0 Å². The third kappa shape index (κ3) is 1.99. The van der Waals surface area contributed by atoms with Crippen molar-refractivity contribution in [2.24, 2.45) is 0 Å². The molecule has 2 aromatic rings. The fourth-order valence-electron chi connectivity index (χ4n) is 1.18.